The summed E-state index contributed by atoms with van der Waals surface area (Å²) in [7, 11) is 1.31. The molecular weight excluding hydrogens is 308 g/mol. The van der Waals surface area contributed by atoms with Crippen molar-refractivity contribution in [1.29, 1.82) is 5.26 Å². The summed E-state index contributed by atoms with van der Waals surface area (Å²) >= 11 is 0. The number of hydrogen-bond acceptors (Lipinski definition) is 6. The number of rotatable bonds is 2. The predicted molar refractivity (Wildman–Crippen MR) is 84.3 cm³/mol. The van der Waals surface area contributed by atoms with Crippen molar-refractivity contribution < 1.29 is 19.1 Å². The van der Waals surface area contributed by atoms with E-state index in [4.69, 9.17) is 10.5 Å². The van der Waals surface area contributed by atoms with Gasteiger partial charge in [0.1, 0.15) is 17.4 Å². The number of benzene rings is 1. The van der Waals surface area contributed by atoms with Crippen LogP contribution in [0.25, 0.3) is 0 Å². The van der Waals surface area contributed by atoms with E-state index in [1.54, 1.807) is 24.3 Å². The molecule has 0 aromatic heterocycles. The highest BCUT2D eigenvalue weighted by Crippen LogP contribution is 2.43. The Bertz CT molecular complexity index is 812. The first kappa shape index (κ1) is 15.8. The molecule has 1 aromatic rings. The number of hydrogen-bond donors (Lipinski definition) is 1. The molecule has 3 rings (SSSR count). The molecule has 1 heterocycles. The Morgan fingerprint density at radius 3 is 2.67 bits per heavy atom. The van der Waals surface area contributed by atoms with E-state index in [1.807, 2.05) is 0 Å². The molecule has 24 heavy (non-hydrogen) atoms. The number of Topliss-reactive ketones (excluding diaryl/α,β-unsaturated/α-hetero) is 1. The third-order valence-corrected chi connectivity index (χ3v) is 4.27. The number of methoxy groups -OCH3 is 1. The second kappa shape index (κ2) is 6.20. The molecule has 6 heteroatoms. The Morgan fingerprint density at radius 2 is 2.04 bits per heavy atom. The quantitative estimate of drug-likeness (QED) is 0.837. The summed E-state index contributed by atoms with van der Waals surface area (Å²) in [6.07, 6.45) is 1.76. The first-order chi connectivity index (χ1) is 11.6. The Morgan fingerprint density at radius 1 is 1.33 bits per heavy atom. The molecule has 0 radical (unpaired) electrons. The summed E-state index contributed by atoms with van der Waals surface area (Å²) in [5.41, 5.74) is 7.71. The molecule has 122 valence electrons. The van der Waals surface area contributed by atoms with Gasteiger partial charge in [0.15, 0.2) is 5.78 Å². The minimum Gasteiger partial charge on any atom is -0.465 e. The van der Waals surface area contributed by atoms with Gasteiger partial charge in [-0.3, -0.25) is 4.79 Å². The number of nitriles is 1. The number of esters is 1. The topological polar surface area (TPSA) is 102 Å². The monoisotopic (exact) mass is 324 g/mol. The first-order valence-corrected chi connectivity index (χ1v) is 7.59. The van der Waals surface area contributed by atoms with Crippen LogP contribution in [0.15, 0.2) is 47.1 Å². The standard InChI is InChI=1S/C18H16N2O4/c1-23-18(22)11-7-5-10(6-8-11)15-12(9-19)17(20)24-14-4-2-3-13(21)16(14)15/h5-8,15H,2-4,20H2,1H3/t15-/m1/s1. The Kier molecular flexibility index (Phi) is 4.09. The molecule has 0 saturated heterocycles. The lowest BCUT2D eigenvalue weighted by atomic mass is 9.77. The molecule has 1 aromatic carbocycles. The van der Waals surface area contributed by atoms with E-state index >= 15 is 0 Å². The van der Waals surface area contributed by atoms with Crippen molar-refractivity contribution in [3.05, 3.63) is 58.2 Å². The largest absolute Gasteiger partial charge is 0.465 e. The van der Waals surface area contributed by atoms with Gasteiger partial charge in [0, 0.05) is 18.4 Å². The fraction of sp³-hybridized carbons (Fsp3) is 0.278. The highest BCUT2D eigenvalue weighted by molar-refractivity contribution is 5.99. The van der Waals surface area contributed by atoms with E-state index in [2.05, 4.69) is 10.8 Å². The molecule has 0 bridgehead atoms. The lowest BCUT2D eigenvalue weighted by Crippen LogP contribution is -2.27. The van der Waals surface area contributed by atoms with Gasteiger partial charge in [0.2, 0.25) is 5.88 Å². The first-order valence-electron chi connectivity index (χ1n) is 7.59. The van der Waals surface area contributed by atoms with Crippen LogP contribution in [0.1, 0.15) is 41.1 Å². The van der Waals surface area contributed by atoms with Crippen LogP contribution >= 0.6 is 0 Å². The maximum absolute atomic E-state index is 12.4. The lowest BCUT2D eigenvalue weighted by molar-refractivity contribution is -0.116. The van der Waals surface area contributed by atoms with Crippen LogP contribution < -0.4 is 5.73 Å². The number of nitrogens with zero attached hydrogens (tertiary/aromatic N) is 1. The van der Waals surface area contributed by atoms with Gasteiger partial charge in [-0.2, -0.15) is 5.26 Å². The molecular formula is C18H16N2O4. The van der Waals surface area contributed by atoms with Crippen LogP contribution in [-0.2, 0) is 14.3 Å². The zero-order valence-corrected chi connectivity index (χ0v) is 13.2. The van der Waals surface area contributed by atoms with Gasteiger partial charge >= 0.3 is 5.97 Å². The molecule has 2 N–H and O–H groups in total. The van der Waals surface area contributed by atoms with Gasteiger partial charge in [-0.1, -0.05) is 12.1 Å². The summed E-state index contributed by atoms with van der Waals surface area (Å²) in [4.78, 5) is 24.0. The van der Waals surface area contributed by atoms with Gasteiger partial charge in [0.25, 0.3) is 0 Å². The van der Waals surface area contributed by atoms with E-state index < -0.39 is 11.9 Å². The van der Waals surface area contributed by atoms with Crippen molar-refractivity contribution >= 4 is 11.8 Å². The predicted octanol–water partition coefficient (Wildman–Crippen LogP) is 2.29. The van der Waals surface area contributed by atoms with Crippen molar-refractivity contribution in [2.24, 2.45) is 5.73 Å². The van der Waals surface area contributed by atoms with Crippen molar-refractivity contribution in [1.82, 2.24) is 0 Å². The normalized spacial score (nSPS) is 20.2. The average molecular weight is 324 g/mol. The zero-order chi connectivity index (χ0) is 17.3. The summed E-state index contributed by atoms with van der Waals surface area (Å²) in [5, 5.41) is 9.47. The second-order valence-electron chi connectivity index (χ2n) is 5.65. The SMILES string of the molecule is COC(=O)c1ccc([C@@H]2C(C#N)=C(N)OC3=C2C(=O)CCC3)cc1. The third kappa shape index (κ3) is 2.54. The van der Waals surface area contributed by atoms with E-state index in [0.717, 1.165) is 0 Å². The van der Waals surface area contributed by atoms with E-state index in [0.29, 0.717) is 41.7 Å². The average Bonchev–Trinajstić information content (AvgIpc) is 2.60. The third-order valence-electron chi connectivity index (χ3n) is 4.27. The summed E-state index contributed by atoms with van der Waals surface area (Å²) in [6.45, 7) is 0. The minimum absolute atomic E-state index is 0.0291. The summed E-state index contributed by atoms with van der Waals surface area (Å²) < 4.78 is 10.2. The lowest BCUT2D eigenvalue weighted by Gasteiger charge is -2.31. The summed E-state index contributed by atoms with van der Waals surface area (Å²) in [5.74, 6) is -0.452. The maximum atomic E-state index is 12.4. The van der Waals surface area contributed by atoms with Crippen LogP contribution in [0.4, 0.5) is 0 Å². The fourth-order valence-electron chi connectivity index (χ4n) is 3.12. The van der Waals surface area contributed by atoms with E-state index in [-0.39, 0.29) is 17.2 Å². The molecule has 0 saturated carbocycles. The number of ketones is 1. The van der Waals surface area contributed by atoms with Crippen LogP contribution in [0.3, 0.4) is 0 Å². The Balaban J connectivity index is 2.09. The minimum atomic E-state index is -0.557. The number of ether oxygens (including phenoxy) is 2. The molecule has 1 atom stereocenters. The Hall–Kier alpha value is -3.07. The fourth-order valence-corrected chi connectivity index (χ4v) is 3.12. The van der Waals surface area contributed by atoms with Crippen LogP contribution in [0.2, 0.25) is 0 Å². The van der Waals surface area contributed by atoms with Crippen LogP contribution in [0, 0.1) is 11.3 Å². The summed E-state index contributed by atoms with van der Waals surface area (Å²) in [6, 6.07) is 8.68. The van der Waals surface area contributed by atoms with Gasteiger partial charge in [-0.15, -0.1) is 0 Å². The highest BCUT2D eigenvalue weighted by atomic mass is 16.5. The molecule has 2 aliphatic rings. The van der Waals surface area contributed by atoms with Crippen molar-refractivity contribution in [3.8, 4) is 6.07 Å². The maximum Gasteiger partial charge on any atom is 0.337 e. The van der Waals surface area contributed by atoms with E-state index in [9.17, 15) is 14.9 Å². The Labute approximate surface area is 139 Å². The van der Waals surface area contributed by atoms with Crippen molar-refractivity contribution in [2.45, 2.75) is 25.2 Å². The van der Waals surface area contributed by atoms with Crippen LogP contribution in [-0.4, -0.2) is 18.9 Å². The van der Waals surface area contributed by atoms with Gasteiger partial charge in [0.05, 0.1) is 18.6 Å². The number of allylic oxidation sites excluding steroid dienone is 3. The highest BCUT2D eigenvalue weighted by Gasteiger charge is 2.37. The molecule has 0 unspecified atom stereocenters. The van der Waals surface area contributed by atoms with Crippen LogP contribution in [0.5, 0.6) is 0 Å². The van der Waals surface area contributed by atoms with Gasteiger partial charge in [-0.05, 0) is 24.1 Å². The molecule has 0 amide bonds. The number of nitrogens with two attached hydrogens (primary N) is 1. The number of carbonyl (C=O) groups excluding carboxylic acids is 2. The smallest absolute Gasteiger partial charge is 0.337 e. The zero-order valence-electron chi connectivity index (χ0n) is 13.2. The number of carbonyl (C=O) groups is 2. The molecule has 1 aliphatic heterocycles. The second-order valence-corrected chi connectivity index (χ2v) is 5.65. The van der Waals surface area contributed by atoms with E-state index in [1.165, 1.54) is 7.11 Å². The molecule has 0 spiro atoms. The van der Waals surface area contributed by atoms with Gasteiger partial charge < -0.3 is 15.2 Å². The van der Waals surface area contributed by atoms with Crippen molar-refractivity contribution in [3.63, 3.8) is 0 Å². The van der Waals surface area contributed by atoms with Gasteiger partial charge in [-0.25, -0.2) is 4.79 Å². The molecule has 6 nitrogen and oxygen atoms in total. The molecule has 0 fully saturated rings. The van der Waals surface area contributed by atoms with Crippen molar-refractivity contribution in [2.75, 3.05) is 7.11 Å². The molecule has 1 aliphatic carbocycles.